The number of fused-ring (bicyclic) bond motifs is 1. The van der Waals surface area contributed by atoms with Crippen molar-refractivity contribution < 1.29 is 9.21 Å². The van der Waals surface area contributed by atoms with Gasteiger partial charge in [-0.2, -0.15) is 0 Å². The minimum atomic E-state index is -0.211. The van der Waals surface area contributed by atoms with Crippen molar-refractivity contribution in [2.24, 2.45) is 0 Å². The van der Waals surface area contributed by atoms with Gasteiger partial charge in [-0.25, -0.2) is 4.98 Å². The zero-order valence-corrected chi connectivity index (χ0v) is 20.2. The molecule has 2 aromatic heterocycles. The quantitative estimate of drug-likeness (QED) is 0.264. The Morgan fingerprint density at radius 3 is 2.76 bits per heavy atom. The molecule has 2 heterocycles. The van der Waals surface area contributed by atoms with Gasteiger partial charge >= 0.3 is 0 Å². The van der Waals surface area contributed by atoms with Gasteiger partial charge < -0.3 is 9.73 Å². The molecular weight excluding hydrogens is 458 g/mol. The second kappa shape index (κ2) is 9.85. The fourth-order valence-corrected chi connectivity index (χ4v) is 4.59. The predicted octanol–water partition coefficient (Wildman–Crippen LogP) is 5.85. The molecule has 0 spiro atoms. The van der Waals surface area contributed by atoms with Crippen molar-refractivity contribution in [3.05, 3.63) is 87.1 Å². The minimum Gasteiger partial charge on any atom is -0.467 e. The molecule has 4 rings (SSSR count). The number of rotatable bonds is 7. The highest BCUT2D eigenvalue weighted by molar-refractivity contribution is 7.99. The number of aromatic nitrogens is 2. The summed E-state index contributed by atoms with van der Waals surface area (Å²) in [6.45, 7) is 6.38. The summed E-state index contributed by atoms with van der Waals surface area (Å²) >= 11 is 7.32. The van der Waals surface area contributed by atoms with Gasteiger partial charge in [0.25, 0.3) is 5.56 Å². The molecule has 8 heteroatoms. The molecule has 0 aliphatic carbocycles. The van der Waals surface area contributed by atoms with E-state index in [0.29, 0.717) is 26.8 Å². The summed E-state index contributed by atoms with van der Waals surface area (Å²) in [7, 11) is 0. The fourth-order valence-electron chi connectivity index (χ4n) is 3.63. The van der Waals surface area contributed by atoms with E-state index in [1.807, 2.05) is 25.1 Å². The third-order valence-electron chi connectivity index (χ3n) is 5.30. The Morgan fingerprint density at radius 2 is 2.03 bits per heavy atom. The van der Waals surface area contributed by atoms with Crippen LogP contribution in [0.25, 0.3) is 10.9 Å². The first kappa shape index (κ1) is 23.1. The Balaban J connectivity index is 1.63. The first-order valence-corrected chi connectivity index (χ1v) is 11.9. The van der Waals surface area contributed by atoms with Gasteiger partial charge in [-0.3, -0.25) is 14.2 Å². The molecule has 0 saturated heterocycles. The van der Waals surface area contributed by atoms with Crippen LogP contribution < -0.4 is 10.9 Å². The van der Waals surface area contributed by atoms with Crippen LogP contribution in [0, 0.1) is 6.92 Å². The molecule has 170 valence electrons. The molecule has 0 unspecified atom stereocenters. The van der Waals surface area contributed by atoms with Gasteiger partial charge in [-0.1, -0.05) is 55.4 Å². The number of aryl methyl sites for hydroxylation is 1. The van der Waals surface area contributed by atoms with Crippen LogP contribution in [-0.2, 0) is 11.3 Å². The number of thioether (sulfide) groups is 1. The van der Waals surface area contributed by atoms with Crippen molar-refractivity contribution in [1.29, 1.82) is 0 Å². The van der Waals surface area contributed by atoms with Gasteiger partial charge in [-0.05, 0) is 54.3 Å². The number of amides is 1. The van der Waals surface area contributed by atoms with Crippen LogP contribution in [0.2, 0.25) is 5.02 Å². The van der Waals surface area contributed by atoms with E-state index in [9.17, 15) is 9.59 Å². The van der Waals surface area contributed by atoms with Gasteiger partial charge in [0.2, 0.25) is 5.91 Å². The number of nitrogens with one attached hydrogen (secondary N) is 1. The number of hydrogen-bond acceptors (Lipinski definition) is 5. The Morgan fingerprint density at radius 1 is 1.21 bits per heavy atom. The van der Waals surface area contributed by atoms with Gasteiger partial charge in [0.15, 0.2) is 5.16 Å². The zero-order valence-electron chi connectivity index (χ0n) is 18.6. The lowest BCUT2D eigenvalue weighted by Gasteiger charge is -2.17. The Labute approximate surface area is 201 Å². The Kier molecular flexibility index (Phi) is 6.91. The number of para-hydroxylation sites is 1. The molecule has 0 fully saturated rings. The number of carbonyl (C=O) groups is 1. The molecule has 1 amide bonds. The highest BCUT2D eigenvalue weighted by atomic mass is 35.5. The maximum Gasteiger partial charge on any atom is 0.262 e. The van der Waals surface area contributed by atoms with Crippen LogP contribution in [0.4, 0.5) is 5.69 Å². The number of hydrogen-bond donors (Lipinski definition) is 1. The lowest BCUT2D eigenvalue weighted by Crippen LogP contribution is -2.25. The summed E-state index contributed by atoms with van der Waals surface area (Å²) in [5.74, 6) is 0.835. The van der Waals surface area contributed by atoms with Crippen molar-refractivity contribution >= 4 is 45.9 Å². The lowest BCUT2D eigenvalue weighted by atomic mass is 9.98. The predicted molar refractivity (Wildman–Crippen MR) is 133 cm³/mol. The van der Waals surface area contributed by atoms with E-state index in [1.54, 1.807) is 36.6 Å². The summed E-state index contributed by atoms with van der Waals surface area (Å²) in [6, 6.07) is 14.5. The number of anilines is 1. The van der Waals surface area contributed by atoms with Crippen molar-refractivity contribution in [2.45, 2.75) is 38.4 Å². The average Bonchev–Trinajstić information content (AvgIpc) is 3.29. The molecule has 6 nitrogen and oxygen atoms in total. The molecule has 2 aromatic carbocycles. The summed E-state index contributed by atoms with van der Waals surface area (Å²) in [6.07, 6.45) is 1.56. The molecule has 0 aliphatic heterocycles. The van der Waals surface area contributed by atoms with E-state index in [2.05, 4.69) is 24.1 Å². The summed E-state index contributed by atoms with van der Waals surface area (Å²) < 4.78 is 6.96. The lowest BCUT2D eigenvalue weighted by molar-refractivity contribution is -0.113. The molecule has 0 atom stereocenters. The van der Waals surface area contributed by atoms with Gasteiger partial charge in [0.1, 0.15) is 5.76 Å². The van der Waals surface area contributed by atoms with E-state index in [4.69, 9.17) is 16.0 Å². The van der Waals surface area contributed by atoms with E-state index in [0.717, 1.165) is 16.8 Å². The van der Waals surface area contributed by atoms with E-state index in [-0.39, 0.29) is 29.7 Å². The fraction of sp³-hybridized carbons (Fsp3) is 0.240. The molecule has 0 bridgehead atoms. The van der Waals surface area contributed by atoms with E-state index in [1.165, 1.54) is 16.3 Å². The molecule has 0 aliphatic rings. The number of nitrogens with zero attached hydrogens (tertiary/aromatic N) is 2. The van der Waals surface area contributed by atoms with Crippen LogP contribution in [-0.4, -0.2) is 21.2 Å². The number of halogens is 1. The maximum atomic E-state index is 13.2. The first-order chi connectivity index (χ1) is 15.8. The van der Waals surface area contributed by atoms with Crippen LogP contribution in [0.5, 0.6) is 0 Å². The number of carbonyl (C=O) groups excluding carboxylic acids is 1. The van der Waals surface area contributed by atoms with Crippen molar-refractivity contribution in [1.82, 2.24) is 9.55 Å². The number of furan rings is 1. The standard InChI is InChI=1S/C25H24ClN3O3S/c1-15(2)19-8-4-6-16(3)23(19)28-22(30)14-33-25-27-21-12-17(26)9-10-20(21)24(31)29(25)13-18-7-5-11-32-18/h4-12,15H,13-14H2,1-3H3,(H,28,30). The highest BCUT2D eigenvalue weighted by Crippen LogP contribution is 2.28. The Hall–Kier alpha value is -3.03. The highest BCUT2D eigenvalue weighted by Gasteiger charge is 2.17. The van der Waals surface area contributed by atoms with E-state index < -0.39 is 0 Å². The molecule has 0 saturated carbocycles. The summed E-state index contributed by atoms with van der Waals surface area (Å²) in [5, 5.41) is 4.42. The largest absolute Gasteiger partial charge is 0.467 e. The van der Waals surface area contributed by atoms with Crippen molar-refractivity contribution in [3.8, 4) is 0 Å². The van der Waals surface area contributed by atoms with Gasteiger partial charge in [-0.15, -0.1) is 0 Å². The second-order valence-corrected chi connectivity index (χ2v) is 9.44. The third kappa shape index (κ3) is 5.15. The van der Waals surface area contributed by atoms with Gasteiger partial charge in [0, 0.05) is 10.7 Å². The zero-order chi connectivity index (χ0) is 23.5. The molecule has 0 radical (unpaired) electrons. The van der Waals surface area contributed by atoms with E-state index >= 15 is 0 Å². The minimum absolute atomic E-state index is 0.0997. The second-order valence-electron chi connectivity index (χ2n) is 8.06. The average molecular weight is 482 g/mol. The van der Waals surface area contributed by atoms with Crippen LogP contribution >= 0.6 is 23.4 Å². The normalized spacial score (nSPS) is 11.3. The number of benzene rings is 2. The third-order valence-corrected chi connectivity index (χ3v) is 6.51. The smallest absolute Gasteiger partial charge is 0.262 e. The Bertz CT molecular complexity index is 1360. The topological polar surface area (TPSA) is 77.1 Å². The SMILES string of the molecule is Cc1cccc(C(C)C)c1NC(=O)CSc1nc2cc(Cl)ccc2c(=O)n1Cc1ccco1. The van der Waals surface area contributed by atoms with Crippen molar-refractivity contribution in [2.75, 3.05) is 11.1 Å². The first-order valence-electron chi connectivity index (χ1n) is 10.6. The van der Waals surface area contributed by atoms with Crippen LogP contribution in [0.3, 0.4) is 0 Å². The molecule has 4 aromatic rings. The molecular formula is C25H24ClN3O3S. The van der Waals surface area contributed by atoms with Crippen LogP contribution in [0.15, 0.2) is 69.2 Å². The van der Waals surface area contributed by atoms with Crippen LogP contribution in [0.1, 0.15) is 36.7 Å². The van der Waals surface area contributed by atoms with Crippen molar-refractivity contribution in [3.63, 3.8) is 0 Å². The summed E-state index contributed by atoms with van der Waals surface area (Å²) in [4.78, 5) is 30.7. The summed E-state index contributed by atoms with van der Waals surface area (Å²) in [5.41, 5.74) is 3.21. The monoisotopic (exact) mass is 481 g/mol. The molecule has 1 N–H and O–H groups in total. The maximum absolute atomic E-state index is 13.2. The molecule has 33 heavy (non-hydrogen) atoms. The van der Waals surface area contributed by atoms with Gasteiger partial charge in [0.05, 0.1) is 29.5 Å².